The maximum atomic E-state index is 12.9. The fourth-order valence-corrected chi connectivity index (χ4v) is 6.16. The van der Waals surface area contributed by atoms with Gasteiger partial charge in [-0.3, -0.25) is 19.2 Å². The highest BCUT2D eigenvalue weighted by molar-refractivity contribution is 8.01. The number of rotatable bonds is 6. The summed E-state index contributed by atoms with van der Waals surface area (Å²) >= 11 is 2.75. The summed E-state index contributed by atoms with van der Waals surface area (Å²) in [4.78, 5) is 55.4. The van der Waals surface area contributed by atoms with Crippen molar-refractivity contribution < 1.29 is 19.2 Å². The second-order valence-corrected chi connectivity index (χ2v) is 10.5. The SMILES string of the molecule is O=C1C[C@H](Sc2ccccc2)C(=O)N1c1ccc(N2C(=O)C[C@@H](Sc3ccccc3)C2=O)cc1. The molecule has 34 heavy (non-hydrogen) atoms. The van der Waals surface area contributed by atoms with E-state index in [-0.39, 0.29) is 36.5 Å². The average molecular weight is 489 g/mol. The van der Waals surface area contributed by atoms with Crippen molar-refractivity contribution in [1.82, 2.24) is 0 Å². The van der Waals surface area contributed by atoms with Crippen molar-refractivity contribution in [3.8, 4) is 0 Å². The molecule has 0 radical (unpaired) electrons. The van der Waals surface area contributed by atoms with E-state index in [4.69, 9.17) is 0 Å². The van der Waals surface area contributed by atoms with Crippen molar-refractivity contribution in [1.29, 1.82) is 0 Å². The number of nitrogens with zero attached hydrogens (tertiary/aromatic N) is 2. The summed E-state index contributed by atoms with van der Waals surface area (Å²) in [5, 5.41) is -0.959. The molecule has 170 valence electrons. The minimum Gasteiger partial charge on any atom is -0.274 e. The number of hydrogen-bond acceptors (Lipinski definition) is 6. The topological polar surface area (TPSA) is 74.8 Å². The van der Waals surface area contributed by atoms with E-state index in [0.717, 1.165) is 9.79 Å². The smallest absolute Gasteiger partial charge is 0.247 e. The van der Waals surface area contributed by atoms with Gasteiger partial charge in [0.1, 0.15) is 0 Å². The maximum absolute atomic E-state index is 12.9. The summed E-state index contributed by atoms with van der Waals surface area (Å²) in [7, 11) is 0. The number of carbonyl (C=O) groups excluding carboxylic acids is 4. The quantitative estimate of drug-likeness (QED) is 0.475. The highest BCUT2D eigenvalue weighted by Gasteiger charge is 2.42. The molecule has 0 aliphatic carbocycles. The largest absolute Gasteiger partial charge is 0.274 e. The molecule has 3 aromatic carbocycles. The van der Waals surface area contributed by atoms with E-state index >= 15 is 0 Å². The lowest BCUT2D eigenvalue weighted by molar-refractivity contribution is -0.122. The molecular formula is C26H20N2O4S2. The van der Waals surface area contributed by atoms with Gasteiger partial charge in [0.2, 0.25) is 23.6 Å². The lowest BCUT2D eigenvalue weighted by Gasteiger charge is -2.18. The summed E-state index contributed by atoms with van der Waals surface area (Å²) in [6, 6.07) is 25.5. The monoisotopic (exact) mass is 488 g/mol. The Labute approximate surface area is 205 Å². The van der Waals surface area contributed by atoms with Crippen molar-refractivity contribution in [2.75, 3.05) is 9.80 Å². The van der Waals surface area contributed by atoms with Gasteiger partial charge in [-0.15, -0.1) is 23.5 Å². The summed E-state index contributed by atoms with van der Waals surface area (Å²) in [6.07, 6.45) is 0.253. The molecule has 2 atom stereocenters. The number of anilines is 2. The van der Waals surface area contributed by atoms with Crippen LogP contribution in [-0.2, 0) is 19.2 Å². The van der Waals surface area contributed by atoms with Crippen LogP contribution in [0.2, 0.25) is 0 Å². The minimum absolute atomic E-state index is 0.127. The second-order valence-electron chi connectivity index (χ2n) is 7.90. The van der Waals surface area contributed by atoms with Crippen LogP contribution >= 0.6 is 23.5 Å². The van der Waals surface area contributed by atoms with E-state index in [2.05, 4.69) is 0 Å². The van der Waals surface area contributed by atoms with Gasteiger partial charge in [0.15, 0.2) is 0 Å². The first-order valence-electron chi connectivity index (χ1n) is 10.8. The zero-order chi connectivity index (χ0) is 23.7. The Morgan fingerprint density at radius 2 is 0.882 bits per heavy atom. The number of benzene rings is 3. The Bertz CT molecular complexity index is 1150. The molecular weight excluding hydrogens is 468 g/mol. The van der Waals surface area contributed by atoms with Gasteiger partial charge in [0.05, 0.1) is 21.9 Å². The van der Waals surface area contributed by atoms with Crippen molar-refractivity contribution in [3.05, 3.63) is 84.9 Å². The van der Waals surface area contributed by atoms with Gasteiger partial charge in [0, 0.05) is 22.6 Å². The number of thioether (sulfide) groups is 2. The standard InChI is InChI=1S/C26H20N2O4S2/c29-23-15-21(33-19-7-3-1-4-8-19)25(31)27(23)17-11-13-18(14-12-17)28-24(30)16-22(26(28)32)34-20-9-5-2-6-10-20/h1-14,21-22H,15-16H2/t21-,22+. The molecule has 2 saturated heterocycles. The average Bonchev–Trinajstić information content (AvgIpc) is 3.28. The van der Waals surface area contributed by atoms with Crippen molar-refractivity contribution >= 4 is 58.5 Å². The highest BCUT2D eigenvalue weighted by atomic mass is 32.2. The van der Waals surface area contributed by atoms with Gasteiger partial charge in [-0.25, -0.2) is 9.80 Å². The zero-order valence-corrected chi connectivity index (χ0v) is 19.6. The van der Waals surface area contributed by atoms with Crippen LogP contribution < -0.4 is 9.80 Å². The van der Waals surface area contributed by atoms with Crippen LogP contribution in [0.25, 0.3) is 0 Å². The number of amides is 4. The van der Waals surface area contributed by atoms with Gasteiger partial charge in [-0.05, 0) is 48.5 Å². The third kappa shape index (κ3) is 4.38. The molecule has 2 fully saturated rings. The predicted molar refractivity (Wildman–Crippen MR) is 133 cm³/mol. The number of carbonyl (C=O) groups is 4. The fourth-order valence-electron chi connectivity index (χ4n) is 4.01. The summed E-state index contributed by atoms with van der Waals surface area (Å²) < 4.78 is 0. The van der Waals surface area contributed by atoms with Crippen molar-refractivity contribution in [3.63, 3.8) is 0 Å². The molecule has 0 spiro atoms. The summed E-state index contributed by atoms with van der Waals surface area (Å²) in [5.74, 6) is -1.06. The van der Waals surface area contributed by atoms with Gasteiger partial charge in [-0.1, -0.05) is 36.4 Å². The Morgan fingerprint density at radius 1 is 0.529 bits per heavy atom. The maximum Gasteiger partial charge on any atom is 0.247 e. The van der Waals surface area contributed by atoms with Gasteiger partial charge < -0.3 is 0 Å². The second kappa shape index (κ2) is 9.48. The highest BCUT2D eigenvalue weighted by Crippen LogP contribution is 2.36. The van der Waals surface area contributed by atoms with Crippen LogP contribution in [0.4, 0.5) is 11.4 Å². The molecule has 8 heteroatoms. The van der Waals surface area contributed by atoms with Crippen LogP contribution in [0.5, 0.6) is 0 Å². The van der Waals surface area contributed by atoms with E-state index in [1.165, 1.54) is 33.3 Å². The first kappa shape index (κ1) is 22.4. The first-order chi connectivity index (χ1) is 16.5. The molecule has 0 aromatic heterocycles. The van der Waals surface area contributed by atoms with Crippen LogP contribution in [0.1, 0.15) is 12.8 Å². The van der Waals surface area contributed by atoms with Gasteiger partial charge >= 0.3 is 0 Å². The molecule has 4 amide bonds. The van der Waals surface area contributed by atoms with E-state index in [1.807, 2.05) is 60.7 Å². The molecule has 5 rings (SSSR count). The summed E-state index contributed by atoms with van der Waals surface area (Å²) in [6.45, 7) is 0. The van der Waals surface area contributed by atoms with Crippen LogP contribution in [0, 0.1) is 0 Å². The van der Waals surface area contributed by atoms with E-state index in [0.29, 0.717) is 11.4 Å². The molecule has 6 nitrogen and oxygen atoms in total. The molecule has 2 aliphatic rings. The molecule has 3 aromatic rings. The van der Waals surface area contributed by atoms with Crippen molar-refractivity contribution in [2.45, 2.75) is 33.1 Å². The fraction of sp³-hybridized carbons (Fsp3) is 0.154. The van der Waals surface area contributed by atoms with Crippen LogP contribution in [0.15, 0.2) is 94.7 Å². The molecule has 0 N–H and O–H groups in total. The van der Waals surface area contributed by atoms with Gasteiger partial charge in [0.25, 0.3) is 0 Å². The molecule has 0 bridgehead atoms. The molecule has 0 saturated carbocycles. The van der Waals surface area contributed by atoms with Crippen LogP contribution in [-0.4, -0.2) is 34.1 Å². The Morgan fingerprint density at radius 3 is 1.24 bits per heavy atom. The third-order valence-corrected chi connectivity index (χ3v) is 8.01. The summed E-state index contributed by atoms with van der Waals surface area (Å²) in [5.41, 5.74) is 0.869. The van der Waals surface area contributed by atoms with E-state index in [9.17, 15) is 19.2 Å². The van der Waals surface area contributed by atoms with E-state index < -0.39 is 10.5 Å². The Kier molecular flexibility index (Phi) is 6.26. The number of imide groups is 2. The lowest BCUT2D eigenvalue weighted by atomic mass is 10.2. The Hall–Kier alpha value is -3.36. The third-order valence-electron chi connectivity index (χ3n) is 5.62. The molecule has 2 heterocycles. The molecule has 0 unspecified atom stereocenters. The van der Waals surface area contributed by atoms with Crippen LogP contribution in [0.3, 0.4) is 0 Å². The predicted octanol–water partition coefficient (Wildman–Crippen LogP) is 4.54. The number of hydrogen-bond donors (Lipinski definition) is 0. The normalized spacial score (nSPS) is 20.5. The zero-order valence-electron chi connectivity index (χ0n) is 18.0. The minimum atomic E-state index is -0.480. The van der Waals surface area contributed by atoms with E-state index in [1.54, 1.807) is 24.3 Å². The lowest BCUT2D eigenvalue weighted by Crippen LogP contribution is -2.32. The molecule has 2 aliphatic heterocycles. The van der Waals surface area contributed by atoms with Gasteiger partial charge in [-0.2, -0.15) is 0 Å². The first-order valence-corrected chi connectivity index (χ1v) is 12.5. The van der Waals surface area contributed by atoms with Crippen molar-refractivity contribution in [2.24, 2.45) is 0 Å². The Balaban J connectivity index is 1.30.